The summed E-state index contributed by atoms with van der Waals surface area (Å²) in [5.74, 6) is -0.594. The van der Waals surface area contributed by atoms with Crippen molar-refractivity contribution in [2.75, 3.05) is 18.5 Å². The number of halogens is 1. The van der Waals surface area contributed by atoms with Gasteiger partial charge in [0.15, 0.2) is 6.61 Å². The van der Waals surface area contributed by atoms with E-state index >= 15 is 0 Å². The van der Waals surface area contributed by atoms with Gasteiger partial charge < -0.3 is 15.4 Å². The van der Waals surface area contributed by atoms with Crippen LogP contribution in [0.3, 0.4) is 0 Å². The maximum Gasteiger partial charge on any atom is 0.258 e. The predicted octanol–water partition coefficient (Wildman–Crippen LogP) is 2.91. The predicted molar refractivity (Wildman–Crippen MR) is 99.1 cm³/mol. The van der Waals surface area contributed by atoms with Crippen LogP contribution in [0, 0.1) is 11.3 Å². The van der Waals surface area contributed by atoms with Gasteiger partial charge in [-0.1, -0.05) is 42.8 Å². The topological polar surface area (TPSA) is 91.2 Å². The van der Waals surface area contributed by atoms with Crippen molar-refractivity contribution in [3.63, 3.8) is 0 Å². The van der Waals surface area contributed by atoms with Gasteiger partial charge >= 0.3 is 0 Å². The number of hydrogen-bond donors (Lipinski definition) is 2. The fourth-order valence-electron chi connectivity index (χ4n) is 2.25. The smallest absolute Gasteiger partial charge is 0.258 e. The molecule has 0 fully saturated rings. The Morgan fingerprint density at radius 2 is 1.92 bits per heavy atom. The fraction of sp³-hybridized carbons (Fsp3) is 0.211. The van der Waals surface area contributed by atoms with Gasteiger partial charge in [-0.2, -0.15) is 5.26 Å². The van der Waals surface area contributed by atoms with Crippen molar-refractivity contribution in [3.8, 4) is 11.8 Å². The molecule has 0 saturated carbocycles. The SMILES string of the molecule is CCc1ccccc1NC(=O)CNC(=O)COc1cccc(Cl)c1C#N. The lowest BCUT2D eigenvalue weighted by Gasteiger charge is -2.11. The first-order chi connectivity index (χ1) is 12.5. The maximum absolute atomic E-state index is 12.0. The number of nitriles is 1. The van der Waals surface area contributed by atoms with Gasteiger partial charge in [0.1, 0.15) is 17.4 Å². The summed E-state index contributed by atoms with van der Waals surface area (Å²) in [5.41, 5.74) is 1.90. The van der Waals surface area contributed by atoms with Crippen molar-refractivity contribution in [2.45, 2.75) is 13.3 Å². The normalized spacial score (nSPS) is 9.88. The van der Waals surface area contributed by atoms with Gasteiger partial charge in [-0.15, -0.1) is 0 Å². The second-order valence-corrected chi connectivity index (χ2v) is 5.76. The molecule has 0 aromatic heterocycles. The number of anilines is 1. The van der Waals surface area contributed by atoms with E-state index in [4.69, 9.17) is 21.6 Å². The molecule has 26 heavy (non-hydrogen) atoms. The van der Waals surface area contributed by atoms with E-state index in [9.17, 15) is 9.59 Å². The van der Waals surface area contributed by atoms with Crippen LogP contribution in [0.1, 0.15) is 18.1 Å². The molecule has 0 aliphatic carbocycles. The summed E-state index contributed by atoms with van der Waals surface area (Å²) in [6.07, 6.45) is 0.789. The third-order valence-electron chi connectivity index (χ3n) is 3.56. The van der Waals surface area contributed by atoms with Gasteiger partial charge in [-0.25, -0.2) is 0 Å². The van der Waals surface area contributed by atoms with E-state index in [2.05, 4.69) is 10.6 Å². The summed E-state index contributed by atoms with van der Waals surface area (Å²) in [5, 5.41) is 14.5. The first-order valence-electron chi connectivity index (χ1n) is 8.01. The van der Waals surface area contributed by atoms with Crippen LogP contribution < -0.4 is 15.4 Å². The van der Waals surface area contributed by atoms with E-state index in [0.29, 0.717) is 0 Å². The van der Waals surface area contributed by atoms with Crippen molar-refractivity contribution < 1.29 is 14.3 Å². The molecule has 0 unspecified atom stereocenters. The first kappa shape index (κ1) is 19.3. The Morgan fingerprint density at radius 1 is 1.15 bits per heavy atom. The molecule has 134 valence electrons. The molecule has 0 aliphatic rings. The highest BCUT2D eigenvalue weighted by Gasteiger charge is 2.11. The van der Waals surface area contributed by atoms with Crippen molar-refractivity contribution in [1.82, 2.24) is 5.32 Å². The second kappa shape index (κ2) is 9.44. The fourth-order valence-corrected chi connectivity index (χ4v) is 2.46. The van der Waals surface area contributed by atoms with Crippen molar-refractivity contribution in [1.29, 1.82) is 5.26 Å². The molecular formula is C19H18ClN3O3. The molecule has 2 rings (SSSR count). The summed E-state index contributed by atoms with van der Waals surface area (Å²) >= 11 is 5.89. The van der Waals surface area contributed by atoms with E-state index in [1.807, 2.05) is 37.3 Å². The minimum absolute atomic E-state index is 0.163. The molecule has 0 spiro atoms. The first-order valence-corrected chi connectivity index (χ1v) is 8.38. The quantitative estimate of drug-likeness (QED) is 0.782. The van der Waals surface area contributed by atoms with Gasteiger partial charge in [0, 0.05) is 5.69 Å². The van der Waals surface area contributed by atoms with E-state index in [0.717, 1.165) is 17.7 Å². The lowest BCUT2D eigenvalue weighted by Crippen LogP contribution is -2.36. The number of carbonyl (C=O) groups is 2. The Hall–Kier alpha value is -3.04. The largest absolute Gasteiger partial charge is 0.482 e. The number of aryl methyl sites for hydroxylation is 1. The van der Waals surface area contributed by atoms with E-state index in [-0.39, 0.29) is 35.4 Å². The molecule has 7 heteroatoms. The molecule has 0 saturated heterocycles. The summed E-state index contributed by atoms with van der Waals surface area (Å²) in [7, 11) is 0. The molecule has 2 N–H and O–H groups in total. The second-order valence-electron chi connectivity index (χ2n) is 5.35. The lowest BCUT2D eigenvalue weighted by atomic mass is 10.1. The minimum Gasteiger partial charge on any atom is -0.482 e. The van der Waals surface area contributed by atoms with Crippen LogP contribution in [-0.4, -0.2) is 25.0 Å². The number of hydrogen-bond acceptors (Lipinski definition) is 4. The van der Waals surface area contributed by atoms with E-state index in [1.165, 1.54) is 0 Å². The zero-order valence-electron chi connectivity index (χ0n) is 14.2. The molecule has 2 aromatic rings. The molecular weight excluding hydrogens is 354 g/mol. The molecule has 0 radical (unpaired) electrons. The Kier molecular flexibility index (Phi) is 7.01. The standard InChI is InChI=1S/C19H18ClN3O3/c1-2-13-6-3-4-8-16(13)23-18(24)11-22-19(25)12-26-17-9-5-7-15(20)14(17)10-21/h3-9H,2,11-12H2,1H3,(H,22,25)(H,23,24). The number of rotatable bonds is 7. The van der Waals surface area contributed by atoms with Gasteiger partial charge in [0.25, 0.3) is 5.91 Å². The third kappa shape index (κ3) is 5.23. The van der Waals surface area contributed by atoms with Crippen LogP contribution in [0.15, 0.2) is 42.5 Å². The van der Waals surface area contributed by atoms with Gasteiger partial charge in [0.2, 0.25) is 5.91 Å². The van der Waals surface area contributed by atoms with Crippen LogP contribution >= 0.6 is 11.6 Å². The molecule has 2 amide bonds. The average Bonchev–Trinajstić information content (AvgIpc) is 2.65. The number of benzene rings is 2. The molecule has 6 nitrogen and oxygen atoms in total. The number of nitrogens with zero attached hydrogens (tertiary/aromatic N) is 1. The van der Waals surface area contributed by atoms with Crippen LogP contribution in [0.4, 0.5) is 5.69 Å². The molecule has 0 aliphatic heterocycles. The van der Waals surface area contributed by atoms with E-state index < -0.39 is 5.91 Å². The van der Waals surface area contributed by atoms with Crippen molar-refractivity contribution in [2.24, 2.45) is 0 Å². The summed E-state index contributed by atoms with van der Waals surface area (Å²) in [6.45, 7) is 1.49. The van der Waals surface area contributed by atoms with E-state index in [1.54, 1.807) is 18.2 Å². The number of carbonyl (C=O) groups excluding carboxylic acids is 2. The van der Waals surface area contributed by atoms with Crippen molar-refractivity contribution in [3.05, 3.63) is 58.6 Å². The van der Waals surface area contributed by atoms with Crippen LogP contribution in [-0.2, 0) is 16.0 Å². The highest BCUT2D eigenvalue weighted by atomic mass is 35.5. The zero-order chi connectivity index (χ0) is 18.9. The summed E-state index contributed by atoms with van der Waals surface area (Å²) < 4.78 is 5.31. The Morgan fingerprint density at radius 3 is 2.65 bits per heavy atom. The number of ether oxygens (including phenoxy) is 1. The highest BCUT2D eigenvalue weighted by Crippen LogP contribution is 2.25. The van der Waals surface area contributed by atoms with Gasteiger partial charge in [-0.05, 0) is 30.2 Å². The number of nitrogens with one attached hydrogen (secondary N) is 2. The maximum atomic E-state index is 12.0. The van der Waals surface area contributed by atoms with Gasteiger partial charge in [0.05, 0.1) is 11.6 Å². The lowest BCUT2D eigenvalue weighted by molar-refractivity contribution is -0.125. The van der Waals surface area contributed by atoms with Crippen LogP contribution in [0.25, 0.3) is 0 Å². The molecule has 0 bridgehead atoms. The van der Waals surface area contributed by atoms with Crippen molar-refractivity contribution >= 4 is 29.1 Å². The Balaban J connectivity index is 1.83. The molecule has 0 atom stereocenters. The summed E-state index contributed by atoms with van der Waals surface area (Å²) in [4.78, 5) is 23.8. The minimum atomic E-state index is -0.479. The van der Waals surface area contributed by atoms with Gasteiger partial charge in [-0.3, -0.25) is 9.59 Å². The monoisotopic (exact) mass is 371 g/mol. The molecule has 2 aromatic carbocycles. The zero-order valence-corrected chi connectivity index (χ0v) is 15.0. The third-order valence-corrected chi connectivity index (χ3v) is 3.88. The summed E-state index contributed by atoms with van der Waals surface area (Å²) in [6, 6.07) is 14.1. The number of para-hydroxylation sites is 1. The Labute approximate surface area is 156 Å². The Bertz CT molecular complexity index is 846. The number of amides is 2. The highest BCUT2D eigenvalue weighted by molar-refractivity contribution is 6.31. The van der Waals surface area contributed by atoms with Crippen LogP contribution in [0.2, 0.25) is 5.02 Å². The molecule has 0 heterocycles. The van der Waals surface area contributed by atoms with Crippen LogP contribution in [0.5, 0.6) is 5.75 Å². The average molecular weight is 372 g/mol.